The Bertz CT molecular complexity index is 1050. The molecule has 4 rings (SSSR count). The first kappa shape index (κ1) is 19.7. The topological polar surface area (TPSA) is 99.4 Å². The number of aromatic amines is 1. The van der Waals surface area contributed by atoms with Gasteiger partial charge in [-0.05, 0) is 41.5 Å². The van der Waals surface area contributed by atoms with Crippen molar-refractivity contribution in [3.8, 4) is 0 Å². The van der Waals surface area contributed by atoms with Gasteiger partial charge in [0.25, 0.3) is 5.56 Å². The maximum Gasteiger partial charge on any atom is 0.258 e. The molecule has 9 nitrogen and oxygen atoms in total. The number of hydrogen-bond acceptors (Lipinski definition) is 6. The molecule has 0 aliphatic carbocycles. The molecule has 0 saturated carbocycles. The minimum absolute atomic E-state index is 0.100. The van der Waals surface area contributed by atoms with Crippen LogP contribution in [0.1, 0.15) is 28.6 Å². The maximum absolute atomic E-state index is 13.2. The lowest BCUT2D eigenvalue weighted by molar-refractivity contribution is -0.933. The molecule has 1 fully saturated rings. The predicted molar refractivity (Wildman–Crippen MR) is 107 cm³/mol. The number of rotatable bonds is 6. The van der Waals surface area contributed by atoms with Crippen molar-refractivity contribution < 1.29 is 14.4 Å². The van der Waals surface area contributed by atoms with E-state index in [9.17, 15) is 4.79 Å². The van der Waals surface area contributed by atoms with Gasteiger partial charge in [0.1, 0.15) is 13.1 Å². The number of fused-ring (bicyclic) bond motifs is 1. The molecule has 9 heteroatoms. The van der Waals surface area contributed by atoms with Crippen LogP contribution >= 0.6 is 0 Å². The zero-order valence-electron chi connectivity index (χ0n) is 17.1. The number of morpholine rings is 1. The van der Waals surface area contributed by atoms with Crippen LogP contribution in [0.25, 0.3) is 10.9 Å². The van der Waals surface area contributed by atoms with E-state index in [2.05, 4.69) is 33.5 Å². The molecule has 3 heterocycles. The number of aromatic nitrogens is 5. The molecule has 0 spiro atoms. The molecule has 3 aromatic rings. The van der Waals surface area contributed by atoms with Crippen LogP contribution < -0.4 is 10.5 Å². The van der Waals surface area contributed by atoms with Gasteiger partial charge < -0.3 is 19.4 Å². The molecule has 1 atom stereocenters. The first-order valence-corrected chi connectivity index (χ1v) is 9.90. The Kier molecular flexibility index (Phi) is 5.70. The number of nitrogens with one attached hydrogen (secondary N) is 2. The zero-order chi connectivity index (χ0) is 20.4. The second kappa shape index (κ2) is 8.40. The van der Waals surface area contributed by atoms with Gasteiger partial charge in [0.2, 0.25) is 5.82 Å². The summed E-state index contributed by atoms with van der Waals surface area (Å²) in [5.41, 5.74) is 3.63. The van der Waals surface area contributed by atoms with Crippen molar-refractivity contribution in [2.24, 2.45) is 0 Å². The molecule has 1 aliphatic rings. The minimum Gasteiger partial charge on any atom is -0.383 e. The summed E-state index contributed by atoms with van der Waals surface area (Å²) in [7, 11) is 1.65. The summed E-state index contributed by atoms with van der Waals surface area (Å²) in [5, 5.41) is 13.4. The predicted octanol–water partition coefficient (Wildman–Crippen LogP) is -0.218. The molecule has 0 unspecified atom stereocenters. The van der Waals surface area contributed by atoms with Gasteiger partial charge in [-0.25, -0.2) is 4.68 Å². The Balaban J connectivity index is 1.88. The Morgan fingerprint density at radius 2 is 2.03 bits per heavy atom. The van der Waals surface area contributed by atoms with Crippen molar-refractivity contribution >= 4 is 10.9 Å². The van der Waals surface area contributed by atoms with E-state index in [4.69, 9.17) is 9.47 Å². The van der Waals surface area contributed by atoms with Crippen LogP contribution in [0.5, 0.6) is 0 Å². The summed E-state index contributed by atoms with van der Waals surface area (Å²) < 4.78 is 12.5. The molecule has 0 radical (unpaired) electrons. The van der Waals surface area contributed by atoms with Crippen LogP contribution in [0.4, 0.5) is 0 Å². The van der Waals surface area contributed by atoms with Crippen molar-refractivity contribution in [1.29, 1.82) is 0 Å². The molecule has 1 aliphatic heterocycles. The SMILES string of the molecule is COCCn1nnnc1[C@H](c1cc2c(C)ccc(C)c2[nH]c1=O)[NH+]1CCOCC1. The van der Waals surface area contributed by atoms with Crippen molar-refractivity contribution in [1.82, 2.24) is 25.2 Å². The highest BCUT2D eigenvalue weighted by Gasteiger charge is 2.35. The summed E-state index contributed by atoms with van der Waals surface area (Å²) in [6, 6.07) is 5.85. The fourth-order valence-corrected chi connectivity index (χ4v) is 4.02. The van der Waals surface area contributed by atoms with Gasteiger partial charge in [0.05, 0.1) is 37.4 Å². The first-order chi connectivity index (χ1) is 14.1. The number of tetrazole rings is 1. The smallest absolute Gasteiger partial charge is 0.258 e. The molecule has 154 valence electrons. The Morgan fingerprint density at radius 3 is 2.79 bits per heavy atom. The molecule has 0 bridgehead atoms. The summed E-state index contributed by atoms with van der Waals surface area (Å²) in [6.45, 7) is 7.96. The number of H-pyrrole nitrogens is 1. The standard InChI is InChI=1S/C20H26N6O3/c1-13-4-5-14(2)17-15(13)12-16(20(27)21-17)18(25-6-10-29-11-7-25)19-22-23-24-26(19)8-9-28-3/h4-5,12,18H,6-11H2,1-3H3,(H,21,27)/p+1/t18-/m0/s1. The highest BCUT2D eigenvalue weighted by atomic mass is 16.5. The van der Waals surface area contributed by atoms with Crippen molar-refractivity contribution in [3.63, 3.8) is 0 Å². The zero-order valence-corrected chi connectivity index (χ0v) is 17.1. The first-order valence-electron chi connectivity index (χ1n) is 9.90. The third kappa shape index (κ3) is 3.81. The van der Waals surface area contributed by atoms with Gasteiger partial charge in [0, 0.05) is 12.5 Å². The molecule has 2 aromatic heterocycles. The lowest BCUT2D eigenvalue weighted by Gasteiger charge is -2.30. The van der Waals surface area contributed by atoms with Gasteiger partial charge in [-0.1, -0.05) is 12.1 Å². The van der Waals surface area contributed by atoms with Crippen LogP contribution in [0, 0.1) is 13.8 Å². The highest BCUT2D eigenvalue weighted by Crippen LogP contribution is 2.23. The third-order valence-electron chi connectivity index (χ3n) is 5.65. The number of benzene rings is 1. The van der Waals surface area contributed by atoms with Crippen molar-refractivity contribution in [3.05, 3.63) is 51.1 Å². The summed E-state index contributed by atoms with van der Waals surface area (Å²) in [6.07, 6.45) is 0. The molecule has 0 amide bonds. The molecular weight excluding hydrogens is 372 g/mol. The second-order valence-electron chi connectivity index (χ2n) is 7.50. The number of nitrogens with zero attached hydrogens (tertiary/aromatic N) is 4. The molecule has 1 saturated heterocycles. The number of aryl methyl sites for hydroxylation is 2. The van der Waals surface area contributed by atoms with Crippen LogP contribution in [0.15, 0.2) is 23.0 Å². The quantitative estimate of drug-likeness (QED) is 0.595. The van der Waals surface area contributed by atoms with Gasteiger partial charge in [-0.2, -0.15) is 0 Å². The van der Waals surface area contributed by atoms with Crippen LogP contribution in [0.3, 0.4) is 0 Å². The Labute approximate surface area is 168 Å². The van der Waals surface area contributed by atoms with Crippen LogP contribution in [-0.2, 0) is 16.0 Å². The maximum atomic E-state index is 13.2. The summed E-state index contributed by atoms with van der Waals surface area (Å²) in [4.78, 5) is 17.5. The number of quaternary nitrogens is 1. The normalized spacial score (nSPS) is 16.4. The van der Waals surface area contributed by atoms with Gasteiger partial charge in [-0.15, -0.1) is 5.10 Å². The Hall–Kier alpha value is -2.62. The third-order valence-corrected chi connectivity index (χ3v) is 5.65. The number of hydrogen-bond donors (Lipinski definition) is 2. The van der Waals surface area contributed by atoms with E-state index in [-0.39, 0.29) is 11.6 Å². The monoisotopic (exact) mass is 399 g/mol. The largest absolute Gasteiger partial charge is 0.383 e. The van der Waals surface area contributed by atoms with Gasteiger partial charge in [0.15, 0.2) is 6.04 Å². The molecular formula is C20H27N6O3+. The molecule has 2 N–H and O–H groups in total. The fourth-order valence-electron chi connectivity index (χ4n) is 4.02. The second-order valence-corrected chi connectivity index (χ2v) is 7.50. The van der Waals surface area contributed by atoms with Crippen molar-refractivity contribution in [2.75, 3.05) is 40.0 Å². The average Bonchev–Trinajstić information content (AvgIpc) is 3.19. The lowest BCUT2D eigenvalue weighted by atomic mass is 9.99. The van der Waals surface area contributed by atoms with Crippen LogP contribution in [-0.4, -0.2) is 65.2 Å². The molecule has 29 heavy (non-hydrogen) atoms. The number of pyridine rings is 1. The summed E-state index contributed by atoms with van der Waals surface area (Å²) in [5.74, 6) is 0.675. The van der Waals surface area contributed by atoms with E-state index in [0.717, 1.165) is 35.1 Å². The lowest BCUT2D eigenvalue weighted by Crippen LogP contribution is -3.14. The highest BCUT2D eigenvalue weighted by molar-refractivity contribution is 5.85. The minimum atomic E-state index is -0.279. The van der Waals surface area contributed by atoms with Crippen molar-refractivity contribution in [2.45, 2.75) is 26.4 Å². The Morgan fingerprint density at radius 1 is 1.28 bits per heavy atom. The van der Waals surface area contributed by atoms with E-state index in [1.165, 1.54) is 4.90 Å². The number of methoxy groups -OCH3 is 1. The number of ether oxygens (including phenoxy) is 2. The van der Waals surface area contributed by atoms with E-state index in [1.807, 2.05) is 19.1 Å². The fraction of sp³-hybridized carbons (Fsp3) is 0.500. The van der Waals surface area contributed by atoms with E-state index in [1.54, 1.807) is 11.8 Å². The molecule has 1 aromatic carbocycles. The van der Waals surface area contributed by atoms with E-state index >= 15 is 0 Å². The summed E-state index contributed by atoms with van der Waals surface area (Å²) >= 11 is 0. The van der Waals surface area contributed by atoms with Gasteiger partial charge >= 0.3 is 0 Å². The van der Waals surface area contributed by atoms with Crippen LogP contribution in [0.2, 0.25) is 0 Å². The van der Waals surface area contributed by atoms with E-state index < -0.39 is 0 Å². The van der Waals surface area contributed by atoms with Gasteiger partial charge in [-0.3, -0.25) is 4.79 Å². The average molecular weight is 399 g/mol. The van der Waals surface area contributed by atoms with E-state index in [0.29, 0.717) is 37.8 Å².